The summed E-state index contributed by atoms with van der Waals surface area (Å²) in [5.41, 5.74) is 5.04. The van der Waals surface area contributed by atoms with Crippen molar-refractivity contribution in [2.75, 3.05) is 17.7 Å². The maximum atomic E-state index is 3.50. The fourth-order valence-electron chi connectivity index (χ4n) is 1.99. The van der Waals surface area contributed by atoms with Crippen LogP contribution < -0.4 is 10.6 Å². The van der Waals surface area contributed by atoms with Crippen LogP contribution in [0.1, 0.15) is 18.1 Å². The molecule has 2 N–H and O–H groups in total. The second-order valence-corrected chi connectivity index (χ2v) is 4.31. The Morgan fingerprint density at radius 3 is 2.33 bits per heavy atom. The van der Waals surface area contributed by atoms with E-state index in [2.05, 4.69) is 66.1 Å². The Morgan fingerprint density at radius 2 is 1.67 bits per heavy atom. The molecule has 0 aliphatic rings. The van der Waals surface area contributed by atoms with E-state index in [1.165, 1.54) is 16.8 Å². The summed E-state index contributed by atoms with van der Waals surface area (Å²) in [5, 5.41) is 6.62. The topological polar surface area (TPSA) is 24.1 Å². The lowest BCUT2D eigenvalue weighted by atomic mass is 10.1. The zero-order valence-corrected chi connectivity index (χ0v) is 11.0. The molecule has 0 saturated heterocycles. The average molecular weight is 240 g/mol. The molecule has 2 aromatic rings. The summed E-state index contributed by atoms with van der Waals surface area (Å²) >= 11 is 0. The fraction of sp³-hybridized carbons (Fsp3) is 0.250. The van der Waals surface area contributed by atoms with Crippen LogP contribution in [0, 0.1) is 0 Å². The van der Waals surface area contributed by atoms with Gasteiger partial charge in [0, 0.05) is 25.0 Å². The molecule has 2 aromatic carbocycles. The van der Waals surface area contributed by atoms with Crippen LogP contribution in [0.15, 0.2) is 48.5 Å². The highest BCUT2D eigenvalue weighted by atomic mass is 14.9. The molecule has 0 heterocycles. The van der Waals surface area contributed by atoms with Gasteiger partial charge in [-0.25, -0.2) is 0 Å². The van der Waals surface area contributed by atoms with Gasteiger partial charge < -0.3 is 10.6 Å². The number of rotatable bonds is 5. The molecule has 0 aliphatic heterocycles. The SMILES string of the molecule is CCc1ccccc1NCc1ccc(NC)cc1. The highest BCUT2D eigenvalue weighted by molar-refractivity contribution is 5.52. The van der Waals surface area contributed by atoms with Crippen molar-refractivity contribution in [3.63, 3.8) is 0 Å². The molecule has 0 bridgehead atoms. The van der Waals surface area contributed by atoms with Gasteiger partial charge in [-0.2, -0.15) is 0 Å². The summed E-state index contributed by atoms with van der Waals surface area (Å²) in [6.45, 7) is 3.04. The summed E-state index contributed by atoms with van der Waals surface area (Å²) < 4.78 is 0. The molecular formula is C16H20N2. The van der Waals surface area contributed by atoms with Crippen LogP contribution in [0.3, 0.4) is 0 Å². The van der Waals surface area contributed by atoms with Crippen LogP contribution in [0.25, 0.3) is 0 Å². The molecule has 0 radical (unpaired) electrons. The van der Waals surface area contributed by atoms with Crippen LogP contribution in [0.2, 0.25) is 0 Å². The van der Waals surface area contributed by atoms with Crippen molar-refractivity contribution >= 4 is 11.4 Å². The molecule has 18 heavy (non-hydrogen) atoms. The van der Waals surface area contributed by atoms with E-state index < -0.39 is 0 Å². The summed E-state index contributed by atoms with van der Waals surface area (Å²) in [6.07, 6.45) is 1.06. The van der Waals surface area contributed by atoms with E-state index in [9.17, 15) is 0 Å². The van der Waals surface area contributed by atoms with Gasteiger partial charge in [0.2, 0.25) is 0 Å². The summed E-state index contributed by atoms with van der Waals surface area (Å²) in [5.74, 6) is 0. The number of anilines is 2. The molecule has 0 amide bonds. The third kappa shape index (κ3) is 3.04. The molecule has 0 atom stereocenters. The third-order valence-corrected chi connectivity index (χ3v) is 3.12. The largest absolute Gasteiger partial charge is 0.388 e. The summed E-state index contributed by atoms with van der Waals surface area (Å²) in [7, 11) is 1.94. The van der Waals surface area contributed by atoms with E-state index in [4.69, 9.17) is 0 Å². The van der Waals surface area contributed by atoms with Gasteiger partial charge in [-0.15, -0.1) is 0 Å². The quantitative estimate of drug-likeness (QED) is 0.828. The van der Waals surface area contributed by atoms with Gasteiger partial charge in [-0.05, 0) is 35.7 Å². The van der Waals surface area contributed by atoms with Crippen molar-refractivity contribution in [3.05, 3.63) is 59.7 Å². The second kappa shape index (κ2) is 6.10. The molecule has 0 aromatic heterocycles. The molecule has 2 nitrogen and oxygen atoms in total. The number of benzene rings is 2. The standard InChI is InChI=1S/C16H20N2/c1-3-14-6-4-5-7-16(14)18-12-13-8-10-15(17-2)11-9-13/h4-11,17-18H,3,12H2,1-2H3. The van der Waals surface area contributed by atoms with Gasteiger partial charge in [-0.1, -0.05) is 37.3 Å². The first-order chi connectivity index (χ1) is 8.83. The number of nitrogens with one attached hydrogen (secondary N) is 2. The Kier molecular flexibility index (Phi) is 4.24. The number of para-hydroxylation sites is 1. The van der Waals surface area contributed by atoms with E-state index in [1.54, 1.807) is 0 Å². The molecule has 2 heteroatoms. The molecule has 0 fully saturated rings. The lowest BCUT2D eigenvalue weighted by molar-refractivity contribution is 1.09. The van der Waals surface area contributed by atoms with Crippen molar-refractivity contribution in [3.8, 4) is 0 Å². The van der Waals surface area contributed by atoms with Gasteiger partial charge in [-0.3, -0.25) is 0 Å². The Hall–Kier alpha value is -1.96. The van der Waals surface area contributed by atoms with Crippen molar-refractivity contribution in [1.82, 2.24) is 0 Å². The number of hydrogen-bond donors (Lipinski definition) is 2. The van der Waals surface area contributed by atoms with Crippen molar-refractivity contribution in [2.45, 2.75) is 19.9 Å². The average Bonchev–Trinajstić information content (AvgIpc) is 2.46. The lowest BCUT2D eigenvalue weighted by Gasteiger charge is -2.11. The smallest absolute Gasteiger partial charge is 0.0400 e. The van der Waals surface area contributed by atoms with Gasteiger partial charge in [0.1, 0.15) is 0 Å². The maximum Gasteiger partial charge on any atom is 0.0400 e. The van der Waals surface area contributed by atoms with Crippen LogP contribution >= 0.6 is 0 Å². The van der Waals surface area contributed by atoms with E-state index >= 15 is 0 Å². The van der Waals surface area contributed by atoms with Crippen LogP contribution in [-0.2, 0) is 13.0 Å². The van der Waals surface area contributed by atoms with Crippen LogP contribution in [0.4, 0.5) is 11.4 Å². The van der Waals surface area contributed by atoms with Gasteiger partial charge in [0.05, 0.1) is 0 Å². The van der Waals surface area contributed by atoms with Crippen LogP contribution in [0.5, 0.6) is 0 Å². The molecule has 0 aliphatic carbocycles. The van der Waals surface area contributed by atoms with Gasteiger partial charge >= 0.3 is 0 Å². The van der Waals surface area contributed by atoms with Crippen molar-refractivity contribution in [1.29, 1.82) is 0 Å². The fourth-order valence-corrected chi connectivity index (χ4v) is 1.99. The zero-order chi connectivity index (χ0) is 12.8. The predicted molar refractivity (Wildman–Crippen MR) is 79.1 cm³/mol. The summed E-state index contributed by atoms with van der Waals surface area (Å²) in [4.78, 5) is 0. The number of aryl methyl sites for hydroxylation is 1. The lowest BCUT2D eigenvalue weighted by Crippen LogP contribution is -2.02. The summed E-state index contributed by atoms with van der Waals surface area (Å²) in [6, 6.07) is 17.0. The Bertz CT molecular complexity index is 489. The van der Waals surface area contributed by atoms with Crippen molar-refractivity contribution < 1.29 is 0 Å². The minimum absolute atomic E-state index is 0.862. The first-order valence-corrected chi connectivity index (χ1v) is 6.42. The van der Waals surface area contributed by atoms with Crippen molar-refractivity contribution in [2.24, 2.45) is 0 Å². The normalized spacial score (nSPS) is 10.1. The van der Waals surface area contributed by atoms with Crippen LogP contribution in [-0.4, -0.2) is 7.05 Å². The first kappa shape index (κ1) is 12.5. The van der Waals surface area contributed by atoms with E-state index in [1.807, 2.05) is 7.05 Å². The first-order valence-electron chi connectivity index (χ1n) is 6.42. The predicted octanol–water partition coefficient (Wildman–Crippen LogP) is 3.90. The molecule has 2 rings (SSSR count). The molecular weight excluding hydrogens is 220 g/mol. The zero-order valence-electron chi connectivity index (χ0n) is 11.0. The maximum absolute atomic E-state index is 3.50. The van der Waals surface area contributed by atoms with E-state index in [0.29, 0.717) is 0 Å². The highest BCUT2D eigenvalue weighted by Gasteiger charge is 1.99. The molecule has 94 valence electrons. The van der Waals surface area contributed by atoms with E-state index in [-0.39, 0.29) is 0 Å². The van der Waals surface area contributed by atoms with Gasteiger partial charge in [0.25, 0.3) is 0 Å². The number of hydrogen-bond acceptors (Lipinski definition) is 2. The Balaban J connectivity index is 2.02. The molecule has 0 spiro atoms. The third-order valence-electron chi connectivity index (χ3n) is 3.12. The minimum Gasteiger partial charge on any atom is -0.388 e. The molecule has 0 saturated carbocycles. The van der Waals surface area contributed by atoms with E-state index in [0.717, 1.165) is 18.7 Å². The monoisotopic (exact) mass is 240 g/mol. The minimum atomic E-state index is 0.862. The van der Waals surface area contributed by atoms with Gasteiger partial charge in [0.15, 0.2) is 0 Å². The Morgan fingerprint density at radius 1 is 0.944 bits per heavy atom. The molecule has 0 unspecified atom stereocenters. The second-order valence-electron chi connectivity index (χ2n) is 4.31. The Labute approximate surface area is 109 Å². The highest BCUT2D eigenvalue weighted by Crippen LogP contribution is 2.17.